The molecule has 18 heavy (non-hydrogen) atoms. The van der Waals surface area contributed by atoms with E-state index in [9.17, 15) is 18.0 Å². The number of hydrogen-bond donors (Lipinski definition) is 0. The molecule has 1 rings (SSSR count). The van der Waals surface area contributed by atoms with Gasteiger partial charge in [-0.2, -0.15) is 0 Å². The Kier molecular flexibility index (Phi) is 5.01. The fourth-order valence-electron chi connectivity index (χ4n) is 1.29. The number of hydrogen-bond acceptors (Lipinski definition) is 3. The molecule has 0 N–H and O–H groups in total. The number of carbonyl (C=O) groups is 1. The molecule has 100 valence electrons. The van der Waals surface area contributed by atoms with Gasteiger partial charge in [-0.1, -0.05) is 15.9 Å². The van der Waals surface area contributed by atoms with Gasteiger partial charge in [0.15, 0.2) is 0 Å². The van der Waals surface area contributed by atoms with Crippen molar-refractivity contribution in [2.45, 2.75) is 19.7 Å². The Bertz CT molecular complexity index is 432. The van der Waals surface area contributed by atoms with Gasteiger partial charge in [0.2, 0.25) is 0 Å². The van der Waals surface area contributed by atoms with Crippen molar-refractivity contribution in [3.05, 3.63) is 28.2 Å². The molecule has 1 aromatic rings. The Labute approximate surface area is 110 Å². The number of ether oxygens (including phenoxy) is 2. The highest BCUT2D eigenvalue weighted by Gasteiger charge is 2.31. The zero-order chi connectivity index (χ0) is 13.8. The van der Waals surface area contributed by atoms with Gasteiger partial charge >= 0.3 is 12.3 Å². The maximum atomic E-state index is 12.1. The summed E-state index contributed by atoms with van der Waals surface area (Å²) in [5.41, 5.74) is 0.377. The second-order valence-electron chi connectivity index (χ2n) is 3.32. The predicted molar refractivity (Wildman–Crippen MR) is 61.2 cm³/mol. The fraction of sp³-hybridized carbons (Fsp3) is 0.364. The molecule has 0 aliphatic rings. The van der Waals surface area contributed by atoms with Gasteiger partial charge < -0.3 is 9.47 Å². The van der Waals surface area contributed by atoms with Crippen LogP contribution < -0.4 is 4.74 Å². The molecular formula is C11H10BrF3O3. The van der Waals surface area contributed by atoms with Crippen molar-refractivity contribution < 1.29 is 27.4 Å². The van der Waals surface area contributed by atoms with Gasteiger partial charge in [0.05, 0.1) is 13.0 Å². The van der Waals surface area contributed by atoms with Crippen molar-refractivity contribution in [2.24, 2.45) is 0 Å². The van der Waals surface area contributed by atoms with Gasteiger partial charge in [0, 0.05) is 4.47 Å². The smallest absolute Gasteiger partial charge is 0.466 e. The standard InChI is InChI=1S/C11H10BrF3O3/c1-2-17-10(16)5-7-3-8(12)6-9(4-7)18-11(13,14)15/h3-4,6H,2,5H2,1H3. The van der Waals surface area contributed by atoms with E-state index >= 15 is 0 Å². The maximum Gasteiger partial charge on any atom is 0.573 e. The fourth-order valence-corrected chi connectivity index (χ4v) is 1.81. The summed E-state index contributed by atoms with van der Waals surface area (Å²) in [6.07, 6.45) is -4.87. The molecule has 1 aromatic carbocycles. The molecule has 0 aliphatic carbocycles. The second-order valence-corrected chi connectivity index (χ2v) is 4.24. The van der Waals surface area contributed by atoms with E-state index in [4.69, 9.17) is 4.74 Å². The van der Waals surface area contributed by atoms with Crippen LogP contribution in [-0.4, -0.2) is 18.9 Å². The van der Waals surface area contributed by atoms with Crippen LogP contribution in [0.25, 0.3) is 0 Å². The number of carbonyl (C=O) groups excluding carboxylic acids is 1. The maximum absolute atomic E-state index is 12.1. The first-order valence-corrected chi connectivity index (χ1v) is 5.80. The summed E-state index contributed by atoms with van der Waals surface area (Å²) in [7, 11) is 0. The van der Waals surface area contributed by atoms with Gasteiger partial charge in [-0.25, -0.2) is 0 Å². The first-order chi connectivity index (χ1) is 8.30. The number of halogens is 4. The lowest BCUT2D eigenvalue weighted by atomic mass is 10.1. The monoisotopic (exact) mass is 326 g/mol. The summed E-state index contributed by atoms with van der Waals surface area (Å²) in [4.78, 5) is 11.2. The van der Waals surface area contributed by atoms with E-state index in [0.717, 1.165) is 6.07 Å². The third kappa shape index (κ3) is 5.39. The highest BCUT2D eigenvalue weighted by Crippen LogP contribution is 2.27. The predicted octanol–water partition coefficient (Wildman–Crippen LogP) is 3.45. The summed E-state index contributed by atoms with van der Waals surface area (Å²) >= 11 is 3.05. The number of esters is 1. The molecule has 0 radical (unpaired) electrons. The Hall–Kier alpha value is -1.24. The Morgan fingerprint density at radius 3 is 2.56 bits per heavy atom. The largest absolute Gasteiger partial charge is 0.573 e. The summed E-state index contributed by atoms with van der Waals surface area (Å²) in [5, 5.41) is 0. The lowest BCUT2D eigenvalue weighted by molar-refractivity contribution is -0.274. The van der Waals surface area contributed by atoms with Crippen molar-refractivity contribution in [1.29, 1.82) is 0 Å². The molecule has 0 saturated heterocycles. The van der Waals surface area contributed by atoms with Gasteiger partial charge in [-0.15, -0.1) is 13.2 Å². The number of rotatable bonds is 4. The molecule has 0 atom stereocenters. The quantitative estimate of drug-likeness (QED) is 0.795. The van der Waals surface area contributed by atoms with E-state index in [1.54, 1.807) is 6.92 Å². The SMILES string of the molecule is CCOC(=O)Cc1cc(Br)cc(OC(F)(F)F)c1. The third-order valence-corrected chi connectivity index (χ3v) is 2.28. The van der Waals surface area contributed by atoms with Crippen LogP contribution in [0.5, 0.6) is 5.75 Å². The van der Waals surface area contributed by atoms with Crippen molar-refractivity contribution in [3.8, 4) is 5.75 Å². The van der Waals surface area contributed by atoms with E-state index in [1.807, 2.05) is 0 Å². The van der Waals surface area contributed by atoms with Crippen LogP contribution in [0.1, 0.15) is 12.5 Å². The van der Waals surface area contributed by atoms with Crippen molar-refractivity contribution in [1.82, 2.24) is 0 Å². The molecule has 0 spiro atoms. The van der Waals surface area contributed by atoms with E-state index in [-0.39, 0.29) is 18.8 Å². The molecule has 0 amide bonds. The summed E-state index contributed by atoms with van der Waals surface area (Å²) < 4.78 is 45.1. The van der Waals surface area contributed by atoms with Gasteiger partial charge in [0.1, 0.15) is 5.75 Å². The van der Waals surface area contributed by atoms with E-state index in [2.05, 4.69) is 20.7 Å². The Morgan fingerprint density at radius 1 is 1.33 bits per heavy atom. The van der Waals surface area contributed by atoms with E-state index in [0.29, 0.717) is 10.0 Å². The second kappa shape index (κ2) is 6.08. The average Bonchev–Trinajstić information content (AvgIpc) is 2.13. The molecule has 0 unspecified atom stereocenters. The average molecular weight is 327 g/mol. The molecule has 0 bridgehead atoms. The highest BCUT2D eigenvalue weighted by atomic mass is 79.9. The van der Waals surface area contributed by atoms with Crippen LogP contribution in [-0.2, 0) is 16.0 Å². The number of alkyl halides is 3. The van der Waals surface area contributed by atoms with Gasteiger partial charge in [0.25, 0.3) is 0 Å². The minimum atomic E-state index is -4.76. The molecule has 0 aliphatic heterocycles. The minimum absolute atomic E-state index is 0.110. The summed E-state index contributed by atoms with van der Waals surface area (Å²) in [6.45, 7) is 1.87. The normalized spacial score (nSPS) is 11.2. The van der Waals surface area contributed by atoms with Crippen LogP contribution in [0, 0.1) is 0 Å². The third-order valence-electron chi connectivity index (χ3n) is 1.82. The van der Waals surface area contributed by atoms with Crippen molar-refractivity contribution >= 4 is 21.9 Å². The summed E-state index contributed by atoms with van der Waals surface area (Å²) in [5.74, 6) is -0.885. The molecule has 0 saturated carbocycles. The van der Waals surface area contributed by atoms with Gasteiger partial charge in [-0.3, -0.25) is 4.79 Å². The zero-order valence-corrected chi connectivity index (χ0v) is 11.0. The molecule has 3 nitrogen and oxygen atoms in total. The zero-order valence-electron chi connectivity index (χ0n) is 9.38. The first-order valence-electron chi connectivity index (χ1n) is 5.01. The first kappa shape index (κ1) is 14.8. The molecule has 0 heterocycles. The van der Waals surface area contributed by atoms with Crippen LogP contribution in [0.15, 0.2) is 22.7 Å². The molecule has 0 aromatic heterocycles. The molecule has 7 heteroatoms. The lowest BCUT2D eigenvalue weighted by Gasteiger charge is -2.10. The number of benzene rings is 1. The Balaban J connectivity index is 2.84. The van der Waals surface area contributed by atoms with Crippen molar-refractivity contribution in [3.63, 3.8) is 0 Å². The summed E-state index contributed by atoms with van der Waals surface area (Å²) in [6, 6.07) is 3.84. The highest BCUT2D eigenvalue weighted by molar-refractivity contribution is 9.10. The van der Waals surface area contributed by atoms with Crippen LogP contribution in [0.4, 0.5) is 13.2 Å². The minimum Gasteiger partial charge on any atom is -0.466 e. The van der Waals surface area contributed by atoms with Crippen molar-refractivity contribution in [2.75, 3.05) is 6.61 Å². The Morgan fingerprint density at radius 2 is 2.00 bits per heavy atom. The lowest BCUT2D eigenvalue weighted by Crippen LogP contribution is -2.17. The molecular weight excluding hydrogens is 317 g/mol. The van der Waals surface area contributed by atoms with E-state index in [1.165, 1.54) is 12.1 Å². The molecule has 0 fully saturated rings. The van der Waals surface area contributed by atoms with E-state index < -0.39 is 12.3 Å². The van der Waals surface area contributed by atoms with Gasteiger partial charge in [-0.05, 0) is 30.7 Å². The van der Waals surface area contributed by atoms with Crippen LogP contribution in [0.3, 0.4) is 0 Å². The van der Waals surface area contributed by atoms with Crippen LogP contribution in [0.2, 0.25) is 0 Å². The van der Waals surface area contributed by atoms with Crippen LogP contribution >= 0.6 is 15.9 Å². The topological polar surface area (TPSA) is 35.5 Å².